The number of hydrogen-bond acceptors (Lipinski definition) is 6. The van der Waals surface area contributed by atoms with Gasteiger partial charge in [-0.3, -0.25) is 4.79 Å². The van der Waals surface area contributed by atoms with Crippen molar-refractivity contribution in [2.75, 3.05) is 20.2 Å². The summed E-state index contributed by atoms with van der Waals surface area (Å²) < 4.78 is 10.8. The van der Waals surface area contributed by atoms with Gasteiger partial charge in [0.05, 0.1) is 20.1 Å². The van der Waals surface area contributed by atoms with E-state index in [0.29, 0.717) is 24.7 Å². The van der Waals surface area contributed by atoms with E-state index in [1.807, 2.05) is 21.7 Å². The fraction of sp³-hybridized carbons (Fsp3) is 0.438. The van der Waals surface area contributed by atoms with Gasteiger partial charge in [0.2, 0.25) is 17.7 Å². The highest BCUT2D eigenvalue weighted by molar-refractivity contribution is 7.07. The third-order valence-electron chi connectivity index (χ3n) is 3.78. The molecule has 1 saturated heterocycles. The van der Waals surface area contributed by atoms with Crippen molar-refractivity contribution in [3.05, 3.63) is 34.5 Å². The molecule has 1 aliphatic rings. The van der Waals surface area contributed by atoms with Gasteiger partial charge >= 0.3 is 0 Å². The Kier molecular flexibility index (Phi) is 5.07. The first-order valence-corrected chi connectivity index (χ1v) is 8.52. The number of aromatic nitrogens is 2. The molecule has 122 valence electrons. The molecule has 0 bridgehead atoms. The van der Waals surface area contributed by atoms with Gasteiger partial charge in [0.15, 0.2) is 0 Å². The second-order valence-corrected chi connectivity index (χ2v) is 6.22. The van der Waals surface area contributed by atoms with Gasteiger partial charge in [-0.15, -0.1) is 10.2 Å². The maximum Gasteiger partial charge on any atom is 0.233 e. The minimum Gasteiger partial charge on any atom is -0.480 e. The van der Waals surface area contributed by atoms with E-state index in [1.165, 1.54) is 0 Å². The molecule has 0 N–H and O–H groups in total. The van der Waals surface area contributed by atoms with Crippen molar-refractivity contribution in [2.45, 2.75) is 25.4 Å². The summed E-state index contributed by atoms with van der Waals surface area (Å²) in [5, 5.41) is 11.9. The van der Waals surface area contributed by atoms with Crippen LogP contribution in [0.1, 0.15) is 18.4 Å². The summed E-state index contributed by atoms with van der Waals surface area (Å²) in [6.45, 7) is 1.38. The molecule has 7 heteroatoms. The van der Waals surface area contributed by atoms with Crippen molar-refractivity contribution in [3.8, 4) is 11.8 Å². The molecule has 1 unspecified atom stereocenters. The molecule has 1 aliphatic heterocycles. The number of hydrogen-bond donors (Lipinski definition) is 0. The van der Waals surface area contributed by atoms with Crippen LogP contribution in [0.5, 0.6) is 11.8 Å². The Morgan fingerprint density at radius 1 is 1.35 bits per heavy atom. The molecule has 0 spiro atoms. The topological polar surface area (TPSA) is 64.6 Å². The van der Waals surface area contributed by atoms with Crippen LogP contribution >= 0.6 is 11.3 Å². The van der Waals surface area contributed by atoms with Gasteiger partial charge in [0.1, 0.15) is 6.10 Å². The van der Waals surface area contributed by atoms with Crippen LogP contribution < -0.4 is 9.47 Å². The summed E-state index contributed by atoms with van der Waals surface area (Å²) in [5.74, 6) is 1.06. The molecule has 6 nitrogen and oxygen atoms in total. The number of amides is 1. The van der Waals surface area contributed by atoms with Crippen molar-refractivity contribution in [2.24, 2.45) is 0 Å². The Bertz CT molecular complexity index is 631. The minimum absolute atomic E-state index is 0.0436. The van der Waals surface area contributed by atoms with E-state index in [9.17, 15) is 4.79 Å². The van der Waals surface area contributed by atoms with Gasteiger partial charge in [0.25, 0.3) is 0 Å². The number of methoxy groups -OCH3 is 1. The van der Waals surface area contributed by atoms with E-state index in [0.717, 1.165) is 24.9 Å². The maximum atomic E-state index is 12.4. The van der Waals surface area contributed by atoms with Crippen LogP contribution in [0.4, 0.5) is 0 Å². The van der Waals surface area contributed by atoms with Crippen LogP contribution in [-0.2, 0) is 11.2 Å². The molecule has 0 aliphatic carbocycles. The third-order valence-corrected chi connectivity index (χ3v) is 4.51. The fourth-order valence-electron chi connectivity index (χ4n) is 2.59. The highest BCUT2D eigenvalue weighted by Crippen LogP contribution is 2.18. The molecule has 1 atom stereocenters. The lowest BCUT2D eigenvalue weighted by Crippen LogP contribution is -2.45. The molecular formula is C16H19N3O3S. The van der Waals surface area contributed by atoms with E-state index in [-0.39, 0.29) is 12.0 Å². The number of carbonyl (C=O) groups is 1. The number of nitrogens with zero attached hydrogens (tertiary/aromatic N) is 3. The predicted molar refractivity (Wildman–Crippen MR) is 86.8 cm³/mol. The van der Waals surface area contributed by atoms with Crippen molar-refractivity contribution in [1.29, 1.82) is 0 Å². The molecule has 1 fully saturated rings. The van der Waals surface area contributed by atoms with Gasteiger partial charge in [0, 0.05) is 18.7 Å². The lowest BCUT2D eigenvalue weighted by molar-refractivity contribution is -0.133. The van der Waals surface area contributed by atoms with E-state index in [1.54, 1.807) is 30.6 Å². The summed E-state index contributed by atoms with van der Waals surface area (Å²) >= 11 is 1.61. The quantitative estimate of drug-likeness (QED) is 0.839. The first-order valence-electron chi connectivity index (χ1n) is 7.58. The van der Waals surface area contributed by atoms with Gasteiger partial charge < -0.3 is 14.4 Å². The van der Waals surface area contributed by atoms with Crippen LogP contribution in [0.15, 0.2) is 29.0 Å². The van der Waals surface area contributed by atoms with Crippen molar-refractivity contribution in [1.82, 2.24) is 15.1 Å². The summed E-state index contributed by atoms with van der Waals surface area (Å²) in [4.78, 5) is 14.3. The van der Waals surface area contributed by atoms with Crippen LogP contribution in [0.3, 0.4) is 0 Å². The summed E-state index contributed by atoms with van der Waals surface area (Å²) in [6, 6.07) is 5.44. The van der Waals surface area contributed by atoms with Crippen molar-refractivity contribution >= 4 is 17.2 Å². The highest BCUT2D eigenvalue weighted by Gasteiger charge is 2.25. The predicted octanol–water partition coefficient (Wildman–Crippen LogP) is 2.16. The molecule has 3 rings (SSSR count). The molecular weight excluding hydrogens is 314 g/mol. The van der Waals surface area contributed by atoms with Gasteiger partial charge in [-0.05, 0) is 35.2 Å². The van der Waals surface area contributed by atoms with Crippen LogP contribution in [0, 0.1) is 0 Å². The number of likely N-dealkylation sites (tertiary alicyclic amines) is 1. The van der Waals surface area contributed by atoms with E-state index in [2.05, 4.69) is 10.2 Å². The van der Waals surface area contributed by atoms with Crippen LogP contribution in [0.2, 0.25) is 0 Å². The van der Waals surface area contributed by atoms with E-state index >= 15 is 0 Å². The molecule has 2 aromatic rings. The van der Waals surface area contributed by atoms with Gasteiger partial charge in [-0.1, -0.05) is 0 Å². The Morgan fingerprint density at radius 3 is 2.87 bits per heavy atom. The third kappa shape index (κ3) is 4.19. The maximum absolute atomic E-state index is 12.4. The SMILES string of the molecule is COc1ccc(OC2CCCN(C(=O)Cc3ccsc3)C2)nn1. The monoisotopic (exact) mass is 333 g/mol. The second-order valence-electron chi connectivity index (χ2n) is 5.44. The molecule has 0 radical (unpaired) electrons. The van der Waals surface area contributed by atoms with Crippen LogP contribution in [-0.4, -0.2) is 47.3 Å². The number of rotatable bonds is 5. The van der Waals surface area contributed by atoms with Crippen molar-refractivity contribution < 1.29 is 14.3 Å². The van der Waals surface area contributed by atoms with E-state index < -0.39 is 0 Å². The van der Waals surface area contributed by atoms with Crippen molar-refractivity contribution in [3.63, 3.8) is 0 Å². The average molecular weight is 333 g/mol. The molecule has 23 heavy (non-hydrogen) atoms. The smallest absolute Gasteiger partial charge is 0.233 e. The first-order chi connectivity index (χ1) is 11.2. The van der Waals surface area contributed by atoms with Crippen LogP contribution in [0.25, 0.3) is 0 Å². The van der Waals surface area contributed by atoms with Gasteiger partial charge in [-0.2, -0.15) is 11.3 Å². The number of ether oxygens (including phenoxy) is 2. The first kappa shape index (κ1) is 15.7. The highest BCUT2D eigenvalue weighted by atomic mass is 32.1. The Morgan fingerprint density at radius 2 is 2.17 bits per heavy atom. The molecule has 0 saturated carbocycles. The molecule has 1 amide bonds. The normalized spacial score (nSPS) is 17.8. The van der Waals surface area contributed by atoms with E-state index in [4.69, 9.17) is 9.47 Å². The zero-order valence-corrected chi connectivity index (χ0v) is 13.8. The number of thiophene rings is 1. The molecule has 0 aromatic carbocycles. The zero-order chi connectivity index (χ0) is 16.1. The second kappa shape index (κ2) is 7.41. The molecule has 2 aromatic heterocycles. The zero-order valence-electron chi connectivity index (χ0n) is 13.0. The Labute approximate surface area is 139 Å². The summed E-state index contributed by atoms with van der Waals surface area (Å²) in [6.07, 6.45) is 2.26. The fourth-order valence-corrected chi connectivity index (χ4v) is 3.26. The average Bonchev–Trinajstić information content (AvgIpc) is 3.09. The number of carbonyl (C=O) groups excluding carboxylic acids is 1. The van der Waals surface area contributed by atoms with Gasteiger partial charge in [-0.25, -0.2) is 0 Å². The lowest BCUT2D eigenvalue weighted by atomic mass is 10.1. The minimum atomic E-state index is -0.0436. The molecule has 3 heterocycles. The standard InChI is InChI=1S/C16H19N3O3S/c1-21-14-4-5-15(18-17-14)22-13-3-2-7-19(10-13)16(20)9-12-6-8-23-11-12/h4-6,8,11,13H,2-3,7,9-10H2,1H3. The largest absolute Gasteiger partial charge is 0.480 e. The summed E-state index contributed by atoms with van der Waals surface area (Å²) in [5.41, 5.74) is 1.07. The summed E-state index contributed by atoms with van der Waals surface area (Å²) in [7, 11) is 1.54. The number of piperidine rings is 1. The lowest BCUT2D eigenvalue weighted by Gasteiger charge is -2.32. The Balaban J connectivity index is 1.55. The Hall–Kier alpha value is -2.15.